The van der Waals surface area contributed by atoms with Gasteiger partial charge in [-0.3, -0.25) is 9.59 Å². The highest BCUT2D eigenvalue weighted by Crippen LogP contribution is 2.16. The van der Waals surface area contributed by atoms with E-state index in [0.29, 0.717) is 29.3 Å². The van der Waals surface area contributed by atoms with Crippen LogP contribution in [0.3, 0.4) is 0 Å². The van der Waals surface area contributed by atoms with E-state index in [9.17, 15) is 9.59 Å². The third-order valence-corrected chi connectivity index (χ3v) is 4.08. The number of anilines is 1. The van der Waals surface area contributed by atoms with Crippen LogP contribution in [0.2, 0.25) is 0 Å². The molecule has 0 atom stereocenters. The Balaban J connectivity index is 1.79. The first-order chi connectivity index (χ1) is 13.1. The van der Waals surface area contributed by atoms with Gasteiger partial charge < -0.3 is 19.4 Å². The van der Waals surface area contributed by atoms with Crippen LogP contribution in [0.25, 0.3) is 0 Å². The molecule has 1 heterocycles. The summed E-state index contributed by atoms with van der Waals surface area (Å²) < 4.78 is 11.8. The van der Waals surface area contributed by atoms with E-state index in [-0.39, 0.29) is 11.5 Å². The van der Waals surface area contributed by atoms with Gasteiger partial charge in [-0.2, -0.15) is 0 Å². The number of hydrogen-bond acceptors (Lipinski definition) is 4. The molecule has 0 aliphatic heterocycles. The Hall–Kier alpha value is -3.54. The summed E-state index contributed by atoms with van der Waals surface area (Å²) in [6, 6.07) is 17.4. The van der Waals surface area contributed by atoms with Crippen LogP contribution in [0.15, 0.2) is 71.7 Å². The lowest BCUT2D eigenvalue weighted by Crippen LogP contribution is -2.22. The molecule has 0 aliphatic rings. The number of amides is 1. The van der Waals surface area contributed by atoms with Crippen molar-refractivity contribution in [1.29, 1.82) is 0 Å². The van der Waals surface area contributed by atoms with Crippen molar-refractivity contribution in [3.63, 3.8) is 0 Å². The van der Waals surface area contributed by atoms with E-state index in [1.807, 2.05) is 24.3 Å². The van der Waals surface area contributed by atoms with Crippen LogP contribution in [-0.4, -0.2) is 24.7 Å². The predicted molar refractivity (Wildman–Crippen MR) is 104 cm³/mol. The summed E-state index contributed by atoms with van der Waals surface area (Å²) in [4.78, 5) is 24.7. The predicted octanol–water partition coefficient (Wildman–Crippen LogP) is 3.17. The minimum Gasteiger partial charge on any atom is -0.497 e. The fraction of sp³-hybridized carbons (Fsp3) is 0.143. The van der Waals surface area contributed by atoms with Crippen molar-refractivity contribution in [2.45, 2.75) is 6.54 Å². The van der Waals surface area contributed by atoms with Gasteiger partial charge in [0.2, 0.25) is 0 Å². The summed E-state index contributed by atoms with van der Waals surface area (Å²) in [6.45, 7) is 0.347. The summed E-state index contributed by atoms with van der Waals surface area (Å²) >= 11 is 0. The van der Waals surface area contributed by atoms with Crippen molar-refractivity contribution in [2.75, 3.05) is 19.5 Å². The lowest BCUT2D eigenvalue weighted by atomic mass is 10.2. The van der Waals surface area contributed by atoms with Gasteiger partial charge in [-0.25, -0.2) is 0 Å². The van der Waals surface area contributed by atoms with Gasteiger partial charge in [-0.1, -0.05) is 12.1 Å². The average Bonchev–Trinajstić information content (AvgIpc) is 2.70. The molecule has 3 rings (SSSR count). The first-order valence-electron chi connectivity index (χ1n) is 8.38. The Morgan fingerprint density at radius 1 is 0.963 bits per heavy atom. The lowest BCUT2D eigenvalue weighted by molar-refractivity contribution is 0.102. The molecule has 2 aromatic carbocycles. The molecule has 0 bridgehead atoms. The Kier molecular flexibility index (Phi) is 5.56. The molecule has 0 saturated carbocycles. The summed E-state index contributed by atoms with van der Waals surface area (Å²) in [5.41, 5.74) is 1.77. The van der Waals surface area contributed by atoms with Crippen LogP contribution in [-0.2, 0) is 6.54 Å². The monoisotopic (exact) mass is 364 g/mol. The van der Waals surface area contributed by atoms with Gasteiger partial charge in [-0.05, 0) is 48.0 Å². The maximum absolute atomic E-state index is 12.5. The average molecular weight is 364 g/mol. The quantitative estimate of drug-likeness (QED) is 0.729. The van der Waals surface area contributed by atoms with Crippen LogP contribution in [0.1, 0.15) is 15.9 Å². The summed E-state index contributed by atoms with van der Waals surface area (Å²) in [5, 5.41) is 2.81. The highest BCUT2D eigenvalue weighted by Gasteiger charge is 2.09. The maximum Gasteiger partial charge on any atom is 0.257 e. The number of carbonyl (C=O) groups is 1. The zero-order valence-electron chi connectivity index (χ0n) is 15.1. The van der Waals surface area contributed by atoms with Gasteiger partial charge in [0.25, 0.3) is 11.5 Å². The highest BCUT2D eigenvalue weighted by atomic mass is 16.5. The number of nitrogens with one attached hydrogen (secondary N) is 1. The molecule has 0 saturated heterocycles. The van der Waals surface area contributed by atoms with E-state index in [1.165, 1.54) is 16.7 Å². The van der Waals surface area contributed by atoms with E-state index >= 15 is 0 Å². The number of hydrogen-bond donors (Lipinski definition) is 1. The van der Waals surface area contributed by atoms with Crippen molar-refractivity contribution in [2.24, 2.45) is 0 Å². The molecule has 138 valence electrons. The summed E-state index contributed by atoms with van der Waals surface area (Å²) in [6.07, 6.45) is 1.56. The van der Waals surface area contributed by atoms with E-state index < -0.39 is 0 Å². The van der Waals surface area contributed by atoms with E-state index in [0.717, 1.165) is 5.56 Å². The highest BCUT2D eigenvalue weighted by molar-refractivity contribution is 6.04. The smallest absolute Gasteiger partial charge is 0.257 e. The Bertz CT molecular complexity index is 994. The molecular formula is C21H20N2O4. The van der Waals surface area contributed by atoms with Crippen molar-refractivity contribution >= 4 is 11.6 Å². The standard InChI is InChI=1S/C21H20N2O4/c1-26-18-9-7-17(8-10-18)22-21(25)16-6-11-20(24)23(14-16)13-15-4-3-5-19(12-15)27-2/h3-12,14H,13H2,1-2H3,(H,22,25). The van der Waals surface area contributed by atoms with Gasteiger partial charge in [0.15, 0.2) is 0 Å². The van der Waals surface area contributed by atoms with Crippen molar-refractivity contribution in [3.8, 4) is 11.5 Å². The topological polar surface area (TPSA) is 69.6 Å². The van der Waals surface area contributed by atoms with Crippen LogP contribution >= 0.6 is 0 Å². The molecule has 27 heavy (non-hydrogen) atoms. The SMILES string of the molecule is COc1ccc(NC(=O)c2ccc(=O)n(Cc3cccc(OC)c3)c2)cc1. The molecule has 0 unspecified atom stereocenters. The molecule has 1 N–H and O–H groups in total. The van der Waals surface area contributed by atoms with E-state index in [2.05, 4.69) is 5.32 Å². The largest absolute Gasteiger partial charge is 0.497 e. The van der Waals surface area contributed by atoms with Gasteiger partial charge >= 0.3 is 0 Å². The van der Waals surface area contributed by atoms with Gasteiger partial charge in [0.1, 0.15) is 11.5 Å². The fourth-order valence-corrected chi connectivity index (χ4v) is 2.63. The van der Waals surface area contributed by atoms with Crippen molar-refractivity contribution in [1.82, 2.24) is 4.57 Å². The lowest BCUT2D eigenvalue weighted by Gasteiger charge is -2.10. The zero-order chi connectivity index (χ0) is 19.2. The van der Waals surface area contributed by atoms with Crippen molar-refractivity contribution < 1.29 is 14.3 Å². The first kappa shape index (κ1) is 18.3. The molecule has 0 fully saturated rings. The van der Waals surface area contributed by atoms with E-state index in [4.69, 9.17) is 9.47 Å². The van der Waals surface area contributed by atoms with Gasteiger partial charge in [-0.15, -0.1) is 0 Å². The van der Waals surface area contributed by atoms with Crippen LogP contribution in [0, 0.1) is 0 Å². The second-order valence-corrected chi connectivity index (χ2v) is 5.92. The first-order valence-corrected chi connectivity index (χ1v) is 8.38. The molecular weight excluding hydrogens is 344 g/mol. The maximum atomic E-state index is 12.5. The summed E-state index contributed by atoms with van der Waals surface area (Å²) in [5.74, 6) is 1.13. The molecule has 1 aromatic heterocycles. The van der Waals surface area contributed by atoms with E-state index in [1.54, 1.807) is 44.7 Å². The number of nitrogens with zero attached hydrogens (tertiary/aromatic N) is 1. The molecule has 0 spiro atoms. The fourth-order valence-electron chi connectivity index (χ4n) is 2.63. The normalized spacial score (nSPS) is 10.3. The minimum absolute atomic E-state index is 0.182. The molecule has 3 aromatic rings. The third kappa shape index (κ3) is 4.55. The Morgan fingerprint density at radius 3 is 2.41 bits per heavy atom. The number of carbonyl (C=O) groups excluding carboxylic acids is 1. The van der Waals surface area contributed by atoms with Crippen molar-refractivity contribution in [3.05, 3.63) is 88.3 Å². The third-order valence-electron chi connectivity index (χ3n) is 4.08. The second-order valence-electron chi connectivity index (χ2n) is 5.92. The zero-order valence-corrected chi connectivity index (χ0v) is 15.1. The van der Waals surface area contributed by atoms with Crippen LogP contribution < -0.4 is 20.3 Å². The number of aromatic nitrogens is 1. The molecule has 1 amide bonds. The Morgan fingerprint density at radius 2 is 1.70 bits per heavy atom. The Labute approximate surface area is 157 Å². The molecule has 0 aliphatic carbocycles. The number of rotatable bonds is 6. The summed E-state index contributed by atoms with van der Waals surface area (Å²) in [7, 11) is 3.18. The van der Waals surface area contributed by atoms with Crippen LogP contribution in [0.4, 0.5) is 5.69 Å². The second kappa shape index (κ2) is 8.23. The number of ether oxygens (including phenoxy) is 2. The molecule has 0 radical (unpaired) electrons. The molecule has 6 nitrogen and oxygen atoms in total. The van der Waals surface area contributed by atoms with Gasteiger partial charge in [0, 0.05) is 18.0 Å². The number of pyridine rings is 1. The van der Waals surface area contributed by atoms with Crippen LogP contribution in [0.5, 0.6) is 11.5 Å². The number of methoxy groups -OCH3 is 2. The number of benzene rings is 2. The molecule has 6 heteroatoms. The van der Waals surface area contributed by atoms with Gasteiger partial charge in [0.05, 0.1) is 26.3 Å². The minimum atomic E-state index is -0.292.